The van der Waals surface area contributed by atoms with Gasteiger partial charge in [-0.2, -0.15) is 0 Å². The van der Waals surface area contributed by atoms with Crippen molar-refractivity contribution in [1.29, 1.82) is 0 Å². The first-order valence-corrected chi connectivity index (χ1v) is 10.9. The van der Waals surface area contributed by atoms with Crippen LogP contribution in [0.25, 0.3) is 33.2 Å². The third-order valence-corrected chi connectivity index (χ3v) is 6.50. The highest BCUT2D eigenvalue weighted by Gasteiger charge is 2.26. The Balaban J connectivity index is 1.58. The molecule has 160 valence electrons. The van der Waals surface area contributed by atoms with Gasteiger partial charge in [-0.05, 0) is 40.8 Å². The van der Waals surface area contributed by atoms with Crippen molar-refractivity contribution in [2.45, 2.75) is 6.42 Å². The van der Waals surface area contributed by atoms with E-state index in [4.69, 9.17) is 13.9 Å². The van der Waals surface area contributed by atoms with Gasteiger partial charge >= 0.3 is 0 Å². The molecular weight excluding hydrogens is 402 g/mol. The van der Waals surface area contributed by atoms with Crippen LogP contribution in [0, 0.1) is 0 Å². The van der Waals surface area contributed by atoms with E-state index in [9.17, 15) is 4.79 Å². The number of morpholine rings is 1. The molecule has 32 heavy (non-hydrogen) atoms. The predicted octanol–water partition coefficient (Wildman–Crippen LogP) is 4.88. The summed E-state index contributed by atoms with van der Waals surface area (Å²) in [6, 6.07) is 20.0. The molecule has 2 aliphatic rings. The quantitative estimate of drug-likeness (QED) is 0.413. The van der Waals surface area contributed by atoms with Gasteiger partial charge in [0.15, 0.2) is 11.3 Å². The van der Waals surface area contributed by atoms with Crippen LogP contribution >= 0.6 is 0 Å². The average molecular weight is 425 g/mol. The third kappa shape index (κ3) is 2.93. The number of ether oxygens (including phenoxy) is 2. The van der Waals surface area contributed by atoms with E-state index in [1.807, 2.05) is 24.3 Å². The fourth-order valence-corrected chi connectivity index (χ4v) is 4.95. The monoisotopic (exact) mass is 425 g/mol. The van der Waals surface area contributed by atoms with Crippen molar-refractivity contribution in [2.75, 3.05) is 38.3 Å². The Hall–Kier alpha value is -3.57. The third-order valence-electron chi connectivity index (χ3n) is 6.50. The summed E-state index contributed by atoms with van der Waals surface area (Å²) in [4.78, 5) is 15.1. The maximum Gasteiger partial charge on any atom is 0.200 e. The fraction of sp³-hybridized carbons (Fsp3) is 0.222. The molecule has 0 N–H and O–H groups in total. The first-order valence-electron chi connectivity index (χ1n) is 10.9. The molecule has 1 saturated heterocycles. The summed E-state index contributed by atoms with van der Waals surface area (Å²) in [6.07, 6.45) is 0.821. The SMILES string of the molecule is COc1ccc(-c2cccc3c(=O)cc(N4CCOCC4)oc23)c2c1-c1ccccc1C2. The molecule has 6 rings (SSSR count). The molecule has 1 aliphatic heterocycles. The van der Waals surface area contributed by atoms with Crippen LogP contribution in [0.5, 0.6) is 5.75 Å². The van der Waals surface area contributed by atoms with E-state index >= 15 is 0 Å². The summed E-state index contributed by atoms with van der Waals surface area (Å²) in [5.41, 5.74) is 7.43. The molecule has 0 atom stereocenters. The van der Waals surface area contributed by atoms with Crippen LogP contribution in [0.3, 0.4) is 0 Å². The van der Waals surface area contributed by atoms with Gasteiger partial charge in [-0.15, -0.1) is 0 Å². The summed E-state index contributed by atoms with van der Waals surface area (Å²) in [5.74, 6) is 1.47. The largest absolute Gasteiger partial charge is 0.496 e. The number of hydrogen-bond acceptors (Lipinski definition) is 5. The van der Waals surface area contributed by atoms with Crippen LogP contribution < -0.4 is 15.1 Å². The van der Waals surface area contributed by atoms with Crippen LogP contribution in [-0.2, 0) is 11.2 Å². The lowest BCUT2D eigenvalue weighted by Gasteiger charge is -2.27. The first kappa shape index (κ1) is 19.1. The second-order valence-electron chi connectivity index (χ2n) is 8.23. The Kier molecular flexibility index (Phi) is 4.51. The molecule has 1 fully saturated rings. The van der Waals surface area contributed by atoms with Crippen molar-refractivity contribution in [3.8, 4) is 28.0 Å². The van der Waals surface area contributed by atoms with E-state index in [1.165, 1.54) is 16.7 Å². The molecule has 2 heterocycles. The second-order valence-corrected chi connectivity index (χ2v) is 8.23. The molecule has 1 aromatic heterocycles. The molecule has 0 radical (unpaired) electrons. The van der Waals surface area contributed by atoms with E-state index in [-0.39, 0.29) is 5.43 Å². The molecule has 4 aromatic rings. The lowest BCUT2D eigenvalue weighted by Crippen LogP contribution is -2.36. The lowest BCUT2D eigenvalue weighted by molar-refractivity contribution is 0.121. The molecule has 0 amide bonds. The summed E-state index contributed by atoms with van der Waals surface area (Å²) in [7, 11) is 1.71. The minimum absolute atomic E-state index is 0.0250. The van der Waals surface area contributed by atoms with Gasteiger partial charge in [0.25, 0.3) is 0 Å². The fourth-order valence-electron chi connectivity index (χ4n) is 4.95. The van der Waals surface area contributed by atoms with Gasteiger partial charge in [0.2, 0.25) is 0 Å². The standard InChI is InChI=1S/C27H23NO4/c1-30-24-10-9-19(22-15-17-5-2-3-6-18(17)26(22)24)20-7-4-8-21-23(29)16-25(32-27(20)21)28-11-13-31-14-12-28/h2-10,16H,11-15H2,1H3. The van der Waals surface area contributed by atoms with E-state index in [2.05, 4.69) is 35.2 Å². The maximum absolute atomic E-state index is 13.0. The minimum Gasteiger partial charge on any atom is -0.496 e. The van der Waals surface area contributed by atoms with Crippen molar-refractivity contribution < 1.29 is 13.9 Å². The summed E-state index contributed by atoms with van der Waals surface area (Å²) < 4.78 is 17.6. The molecule has 0 unspecified atom stereocenters. The molecule has 0 spiro atoms. The minimum atomic E-state index is -0.0250. The molecule has 5 nitrogen and oxygen atoms in total. The van der Waals surface area contributed by atoms with Crippen LogP contribution in [-0.4, -0.2) is 33.4 Å². The van der Waals surface area contributed by atoms with Gasteiger partial charge in [0.1, 0.15) is 11.3 Å². The van der Waals surface area contributed by atoms with Crippen LogP contribution in [0.1, 0.15) is 11.1 Å². The van der Waals surface area contributed by atoms with E-state index in [0.29, 0.717) is 43.2 Å². The summed E-state index contributed by atoms with van der Waals surface area (Å²) in [6.45, 7) is 2.69. The Morgan fingerprint density at radius 3 is 2.56 bits per heavy atom. The molecule has 0 bridgehead atoms. The molecule has 3 aromatic carbocycles. The molecule has 1 aliphatic carbocycles. The topological polar surface area (TPSA) is 51.9 Å². The highest BCUT2D eigenvalue weighted by Crippen LogP contribution is 2.47. The second kappa shape index (κ2) is 7.53. The normalized spacial score (nSPS) is 15.0. The highest BCUT2D eigenvalue weighted by atomic mass is 16.5. The average Bonchev–Trinajstić information content (AvgIpc) is 3.24. The Morgan fingerprint density at radius 2 is 1.72 bits per heavy atom. The lowest BCUT2D eigenvalue weighted by atomic mass is 9.93. The summed E-state index contributed by atoms with van der Waals surface area (Å²) >= 11 is 0. The van der Waals surface area contributed by atoms with Gasteiger partial charge < -0.3 is 18.8 Å². The van der Waals surface area contributed by atoms with Gasteiger partial charge in [-0.3, -0.25) is 4.79 Å². The number of fused-ring (bicyclic) bond motifs is 4. The Morgan fingerprint density at radius 1 is 0.906 bits per heavy atom. The van der Waals surface area contributed by atoms with Crippen LogP contribution in [0.4, 0.5) is 5.88 Å². The number of anilines is 1. The van der Waals surface area contributed by atoms with Crippen LogP contribution in [0.2, 0.25) is 0 Å². The van der Waals surface area contributed by atoms with E-state index < -0.39 is 0 Å². The van der Waals surface area contributed by atoms with Crippen molar-refractivity contribution in [1.82, 2.24) is 0 Å². The number of rotatable bonds is 3. The van der Waals surface area contributed by atoms with Crippen molar-refractivity contribution in [2.24, 2.45) is 0 Å². The maximum atomic E-state index is 13.0. The van der Waals surface area contributed by atoms with Gasteiger partial charge in [0, 0.05) is 30.3 Å². The number of methoxy groups -OCH3 is 1. The van der Waals surface area contributed by atoms with Gasteiger partial charge in [0.05, 0.1) is 25.7 Å². The predicted molar refractivity (Wildman–Crippen MR) is 126 cm³/mol. The van der Waals surface area contributed by atoms with E-state index in [0.717, 1.165) is 28.9 Å². The van der Waals surface area contributed by atoms with E-state index in [1.54, 1.807) is 13.2 Å². The number of benzene rings is 3. The van der Waals surface area contributed by atoms with Gasteiger partial charge in [-0.25, -0.2) is 0 Å². The molecule has 5 heteroatoms. The van der Waals surface area contributed by atoms with Crippen LogP contribution in [0.15, 0.2) is 69.9 Å². The van der Waals surface area contributed by atoms with Crippen molar-refractivity contribution in [3.63, 3.8) is 0 Å². The zero-order chi connectivity index (χ0) is 21.7. The van der Waals surface area contributed by atoms with Gasteiger partial charge in [-0.1, -0.05) is 42.5 Å². The number of nitrogens with zero attached hydrogens (tertiary/aromatic N) is 1. The number of para-hydroxylation sites is 1. The zero-order valence-electron chi connectivity index (χ0n) is 17.9. The van der Waals surface area contributed by atoms with Crippen molar-refractivity contribution >= 4 is 16.9 Å². The summed E-state index contributed by atoms with van der Waals surface area (Å²) in [5, 5.41) is 0.597. The van der Waals surface area contributed by atoms with Crippen molar-refractivity contribution in [3.05, 3.63) is 82.0 Å². The molecule has 0 saturated carbocycles. The zero-order valence-corrected chi connectivity index (χ0v) is 17.9. The highest BCUT2D eigenvalue weighted by molar-refractivity contribution is 5.97. The molecular formula is C27H23NO4. The Labute approximate surface area is 185 Å². The smallest absolute Gasteiger partial charge is 0.200 e. The first-order chi connectivity index (χ1) is 15.7. The number of hydrogen-bond donors (Lipinski definition) is 0. The Bertz CT molecular complexity index is 1400.